The van der Waals surface area contributed by atoms with Gasteiger partial charge in [-0.3, -0.25) is 0 Å². The molecule has 1 heterocycles. The third-order valence-electron chi connectivity index (χ3n) is 2.82. The van der Waals surface area contributed by atoms with E-state index in [-0.39, 0.29) is 18.1 Å². The number of likely N-dealkylation sites (N-methyl/N-ethyl adjacent to an activating group) is 1. The quantitative estimate of drug-likeness (QED) is 0.886. The van der Waals surface area contributed by atoms with E-state index in [1.807, 2.05) is 30.1 Å². The van der Waals surface area contributed by atoms with Crippen LogP contribution in [0.5, 0.6) is 0 Å². The molecule has 0 radical (unpaired) electrons. The van der Waals surface area contributed by atoms with Gasteiger partial charge >= 0.3 is 0 Å². The lowest BCUT2D eigenvalue weighted by Gasteiger charge is -2.32. The van der Waals surface area contributed by atoms with Crippen LogP contribution in [0.4, 0.5) is 5.82 Å². The van der Waals surface area contributed by atoms with E-state index >= 15 is 0 Å². The van der Waals surface area contributed by atoms with Gasteiger partial charge in [0.05, 0.1) is 12.6 Å². The molecule has 0 saturated heterocycles. The van der Waals surface area contributed by atoms with E-state index in [2.05, 4.69) is 25.8 Å². The summed E-state index contributed by atoms with van der Waals surface area (Å²) >= 11 is 0. The summed E-state index contributed by atoms with van der Waals surface area (Å²) in [5, 5.41) is 18.4. The van der Waals surface area contributed by atoms with Gasteiger partial charge in [0.15, 0.2) is 0 Å². The van der Waals surface area contributed by atoms with Crippen molar-refractivity contribution in [3.63, 3.8) is 0 Å². The van der Waals surface area contributed by atoms with Gasteiger partial charge in [0.1, 0.15) is 17.6 Å². The van der Waals surface area contributed by atoms with E-state index in [9.17, 15) is 5.11 Å². The lowest BCUT2D eigenvalue weighted by molar-refractivity contribution is 0.219. The first kappa shape index (κ1) is 14.5. The van der Waals surface area contributed by atoms with Gasteiger partial charge in [-0.1, -0.05) is 26.8 Å². The molecule has 0 bridgehead atoms. The topological polar surface area (TPSA) is 60.2 Å². The van der Waals surface area contributed by atoms with E-state index < -0.39 is 0 Å². The summed E-state index contributed by atoms with van der Waals surface area (Å²) < 4.78 is 0. The van der Waals surface area contributed by atoms with Crippen molar-refractivity contribution in [1.82, 2.24) is 4.98 Å². The highest BCUT2D eigenvalue weighted by Gasteiger charge is 2.22. The molecule has 0 saturated carbocycles. The van der Waals surface area contributed by atoms with Crippen molar-refractivity contribution in [3.05, 3.63) is 23.9 Å². The van der Waals surface area contributed by atoms with Gasteiger partial charge in [-0.15, -0.1) is 0 Å². The molecular weight excluding hydrogens is 226 g/mol. The van der Waals surface area contributed by atoms with Crippen molar-refractivity contribution in [3.8, 4) is 6.07 Å². The molecule has 1 atom stereocenters. The van der Waals surface area contributed by atoms with Gasteiger partial charge in [0.2, 0.25) is 0 Å². The second-order valence-electron chi connectivity index (χ2n) is 5.70. The Morgan fingerprint density at radius 2 is 2.11 bits per heavy atom. The minimum Gasteiger partial charge on any atom is -0.394 e. The molecule has 0 amide bonds. The van der Waals surface area contributed by atoms with Crippen LogP contribution in [0, 0.1) is 16.7 Å². The molecule has 1 N–H and O–H groups in total. The van der Waals surface area contributed by atoms with Gasteiger partial charge in [0.25, 0.3) is 0 Å². The highest BCUT2D eigenvalue weighted by Crippen LogP contribution is 2.25. The van der Waals surface area contributed by atoms with E-state index in [0.717, 1.165) is 12.2 Å². The van der Waals surface area contributed by atoms with Crippen LogP contribution in [0.2, 0.25) is 0 Å². The highest BCUT2D eigenvalue weighted by molar-refractivity contribution is 5.41. The van der Waals surface area contributed by atoms with Gasteiger partial charge in [-0.25, -0.2) is 4.98 Å². The molecule has 1 rings (SSSR count). The Labute approximate surface area is 109 Å². The van der Waals surface area contributed by atoms with Crippen molar-refractivity contribution in [2.45, 2.75) is 33.2 Å². The van der Waals surface area contributed by atoms with Gasteiger partial charge < -0.3 is 10.0 Å². The number of hydrogen-bond acceptors (Lipinski definition) is 4. The normalized spacial score (nSPS) is 12.9. The van der Waals surface area contributed by atoms with Crippen LogP contribution in [0.15, 0.2) is 18.2 Å². The van der Waals surface area contributed by atoms with E-state index in [0.29, 0.717) is 5.69 Å². The van der Waals surface area contributed by atoms with Crippen LogP contribution >= 0.6 is 0 Å². The van der Waals surface area contributed by atoms with Crippen molar-refractivity contribution < 1.29 is 5.11 Å². The number of aliphatic hydroxyl groups excluding tert-OH is 1. The molecule has 18 heavy (non-hydrogen) atoms. The predicted molar refractivity (Wildman–Crippen MR) is 72.3 cm³/mol. The predicted octanol–water partition coefficient (Wildman–Crippen LogP) is 2.19. The summed E-state index contributed by atoms with van der Waals surface area (Å²) in [6, 6.07) is 7.37. The molecule has 0 aliphatic carbocycles. The smallest absolute Gasteiger partial charge is 0.142 e. The lowest BCUT2D eigenvalue weighted by atomic mass is 9.88. The highest BCUT2D eigenvalue weighted by atomic mass is 16.3. The fourth-order valence-electron chi connectivity index (χ4n) is 1.90. The van der Waals surface area contributed by atoms with Crippen LogP contribution in [0.3, 0.4) is 0 Å². The van der Waals surface area contributed by atoms with Gasteiger partial charge in [-0.2, -0.15) is 5.26 Å². The average molecular weight is 247 g/mol. The maximum atomic E-state index is 9.51. The van der Waals surface area contributed by atoms with Crippen molar-refractivity contribution >= 4 is 5.82 Å². The summed E-state index contributed by atoms with van der Waals surface area (Å²) in [6.07, 6.45) is 0.860. The molecule has 1 aromatic rings. The summed E-state index contributed by atoms with van der Waals surface area (Å²) in [6.45, 7) is 6.50. The Morgan fingerprint density at radius 1 is 1.44 bits per heavy atom. The first-order valence-corrected chi connectivity index (χ1v) is 6.08. The van der Waals surface area contributed by atoms with E-state index in [4.69, 9.17) is 5.26 Å². The molecular formula is C14H21N3O. The van der Waals surface area contributed by atoms with Gasteiger partial charge in [0, 0.05) is 7.05 Å². The fraction of sp³-hybridized carbons (Fsp3) is 0.571. The van der Waals surface area contributed by atoms with Crippen molar-refractivity contribution in [2.75, 3.05) is 18.6 Å². The lowest BCUT2D eigenvalue weighted by Crippen LogP contribution is -2.38. The molecule has 0 fully saturated rings. The Kier molecular flexibility index (Phi) is 4.69. The second kappa shape index (κ2) is 5.83. The SMILES string of the molecule is CN(c1cccc(C#N)n1)C(CO)CC(C)(C)C. The van der Waals surface area contributed by atoms with Crippen molar-refractivity contribution in [2.24, 2.45) is 5.41 Å². The fourth-order valence-corrected chi connectivity index (χ4v) is 1.90. The van der Waals surface area contributed by atoms with Crippen LogP contribution < -0.4 is 4.90 Å². The van der Waals surface area contributed by atoms with Crippen LogP contribution in [0.25, 0.3) is 0 Å². The Morgan fingerprint density at radius 3 is 2.61 bits per heavy atom. The standard InChI is InChI=1S/C14H21N3O/c1-14(2,3)8-12(10-18)17(4)13-7-5-6-11(9-15)16-13/h5-7,12,18H,8,10H2,1-4H3. The number of hydrogen-bond donors (Lipinski definition) is 1. The zero-order valence-electron chi connectivity index (χ0n) is 11.5. The summed E-state index contributed by atoms with van der Waals surface area (Å²) in [5.74, 6) is 0.720. The average Bonchev–Trinajstić information content (AvgIpc) is 2.34. The zero-order valence-corrected chi connectivity index (χ0v) is 11.5. The maximum absolute atomic E-state index is 9.51. The Hall–Kier alpha value is -1.60. The number of nitriles is 1. The number of rotatable bonds is 4. The summed E-state index contributed by atoms with van der Waals surface area (Å²) in [5.41, 5.74) is 0.529. The maximum Gasteiger partial charge on any atom is 0.142 e. The monoisotopic (exact) mass is 247 g/mol. The number of nitrogens with zero attached hydrogens (tertiary/aromatic N) is 3. The Bertz CT molecular complexity index is 431. The molecule has 0 aliphatic heterocycles. The molecule has 1 aromatic heterocycles. The molecule has 4 heteroatoms. The second-order valence-corrected chi connectivity index (χ2v) is 5.70. The number of aliphatic hydroxyl groups is 1. The van der Waals surface area contributed by atoms with E-state index in [1.54, 1.807) is 6.07 Å². The van der Waals surface area contributed by atoms with E-state index in [1.165, 1.54) is 0 Å². The number of anilines is 1. The first-order valence-electron chi connectivity index (χ1n) is 6.08. The van der Waals surface area contributed by atoms with Crippen molar-refractivity contribution in [1.29, 1.82) is 5.26 Å². The largest absolute Gasteiger partial charge is 0.394 e. The van der Waals surface area contributed by atoms with Crippen LogP contribution in [-0.4, -0.2) is 29.8 Å². The summed E-state index contributed by atoms with van der Waals surface area (Å²) in [7, 11) is 1.90. The van der Waals surface area contributed by atoms with Crippen LogP contribution in [0.1, 0.15) is 32.9 Å². The van der Waals surface area contributed by atoms with Gasteiger partial charge in [-0.05, 0) is 24.0 Å². The molecule has 0 aliphatic rings. The van der Waals surface area contributed by atoms with Crippen LogP contribution in [-0.2, 0) is 0 Å². The molecule has 0 spiro atoms. The molecule has 4 nitrogen and oxygen atoms in total. The minimum absolute atomic E-state index is 0.00597. The molecule has 1 unspecified atom stereocenters. The molecule has 98 valence electrons. The number of pyridine rings is 1. The third-order valence-corrected chi connectivity index (χ3v) is 2.82. The summed E-state index contributed by atoms with van der Waals surface area (Å²) in [4.78, 5) is 6.18. The Balaban J connectivity index is 2.89. The molecule has 0 aromatic carbocycles. The zero-order chi connectivity index (χ0) is 13.8. The third kappa shape index (κ3) is 4.01. The number of aromatic nitrogens is 1. The first-order chi connectivity index (χ1) is 8.37. The minimum atomic E-state index is 0.00597.